The minimum atomic E-state index is -3.39. The van der Waals surface area contributed by atoms with E-state index in [0.717, 1.165) is 18.6 Å². The van der Waals surface area contributed by atoms with E-state index in [1.807, 2.05) is 13.8 Å². The normalized spacial score (nSPS) is 13.3. The second kappa shape index (κ2) is 6.09. The summed E-state index contributed by atoms with van der Waals surface area (Å²) in [6, 6.07) is 4.90. The molecule has 0 saturated heterocycles. The van der Waals surface area contributed by atoms with Gasteiger partial charge in [-0.05, 0) is 30.2 Å². The molecule has 1 rings (SSSR count). The van der Waals surface area contributed by atoms with Crippen LogP contribution < -0.4 is 0 Å². The van der Waals surface area contributed by atoms with E-state index in [9.17, 15) is 17.6 Å². The fraction of sp³-hybridized carbons (Fsp3) is 0.462. The molecule has 0 amide bonds. The summed E-state index contributed by atoms with van der Waals surface area (Å²) in [5.41, 5.74) is 0.226. The Bertz CT molecular complexity index is 506. The van der Waals surface area contributed by atoms with Crippen LogP contribution in [-0.4, -0.2) is 25.7 Å². The molecular weight excluding hydrogens is 255 g/mol. The highest BCUT2D eigenvalue weighted by Gasteiger charge is 2.20. The van der Waals surface area contributed by atoms with Gasteiger partial charge in [0, 0.05) is 5.56 Å². The minimum absolute atomic E-state index is 0.0104. The standard InChI is InChI=1S/C13H17FO3S/c1-3-10(2)8-18(16,17)9-13(15)11-4-6-12(14)7-5-11/h4-7,10H,3,8-9H2,1-2H3. The van der Waals surface area contributed by atoms with Crippen molar-refractivity contribution in [3.8, 4) is 0 Å². The number of hydrogen-bond acceptors (Lipinski definition) is 3. The number of halogens is 1. The van der Waals surface area contributed by atoms with Crippen LogP contribution in [0.1, 0.15) is 30.6 Å². The second-order valence-corrected chi connectivity index (χ2v) is 6.61. The van der Waals surface area contributed by atoms with Gasteiger partial charge in [0.1, 0.15) is 11.6 Å². The van der Waals surface area contributed by atoms with Gasteiger partial charge in [-0.2, -0.15) is 0 Å². The lowest BCUT2D eigenvalue weighted by atomic mass is 10.1. The first-order chi connectivity index (χ1) is 8.34. The number of ketones is 1. The Kier molecular flexibility index (Phi) is 5.02. The van der Waals surface area contributed by atoms with E-state index in [4.69, 9.17) is 0 Å². The van der Waals surface area contributed by atoms with Crippen LogP contribution in [0, 0.1) is 11.7 Å². The maximum atomic E-state index is 12.7. The van der Waals surface area contributed by atoms with Crippen molar-refractivity contribution in [2.45, 2.75) is 20.3 Å². The Morgan fingerprint density at radius 3 is 2.33 bits per heavy atom. The molecule has 0 aromatic heterocycles. The number of sulfone groups is 1. The highest BCUT2D eigenvalue weighted by molar-refractivity contribution is 7.92. The maximum absolute atomic E-state index is 12.7. The molecule has 0 spiro atoms. The second-order valence-electron chi connectivity index (χ2n) is 4.50. The van der Waals surface area contributed by atoms with Crippen LogP contribution in [0.3, 0.4) is 0 Å². The summed E-state index contributed by atoms with van der Waals surface area (Å²) < 4.78 is 36.2. The zero-order chi connectivity index (χ0) is 13.8. The van der Waals surface area contributed by atoms with Crippen LogP contribution in [0.15, 0.2) is 24.3 Å². The topological polar surface area (TPSA) is 51.2 Å². The Hall–Kier alpha value is -1.23. The van der Waals surface area contributed by atoms with Gasteiger partial charge in [0.2, 0.25) is 0 Å². The van der Waals surface area contributed by atoms with Crippen molar-refractivity contribution in [2.24, 2.45) is 5.92 Å². The summed E-state index contributed by atoms with van der Waals surface area (Å²) in [7, 11) is -3.39. The Morgan fingerprint density at radius 1 is 1.28 bits per heavy atom. The summed E-state index contributed by atoms with van der Waals surface area (Å²) in [6.07, 6.45) is 0.754. The molecule has 0 saturated carbocycles. The number of Topliss-reactive ketones (excluding diaryl/α,β-unsaturated/α-hetero) is 1. The molecule has 1 aromatic rings. The number of carbonyl (C=O) groups excluding carboxylic acids is 1. The van der Waals surface area contributed by atoms with Crippen molar-refractivity contribution in [2.75, 3.05) is 11.5 Å². The predicted octanol–water partition coefficient (Wildman–Crippen LogP) is 2.47. The minimum Gasteiger partial charge on any atom is -0.293 e. The zero-order valence-electron chi connectivity index (χ0n) is 10.5. The van der Waals surface area contributed by atoms with Crippen LogP contribution in [0.4, 0.5) is 4.39 Å². The molecule has 0 aliphatic heterocycles. The van der Waals surface area contributed by atoms with E-state index >= 15 is 0 Å². The van der Waals surface area contributed by atoms with E-state index < -0.39 is 27.2 Å². The lowest BCUT2D eigenvalue weighted by molar-refractivity contribution is 0.102. The number of rotatable bonds is 6. The first-order valence-corrected chi connectivity index (χ1v) is 7.65. The van der Waals surface area contributed by atoms with Gasteiger partial charge in [-0.15, -0.1) is 0 Å². The van der Waals surface area contributed by atoms with Crippen LogP contribution in [-0.2, 0) is 9.84 Å². The smallest absolute Gasteiger partial charge is 0.177 e. The quantitative estimate of drug-likeness (QED) is 0.747. The molecule has 1 unspecified atom stereocenters. The average Bonchev–Trinajstić information content (AvgIpc) is 2.28. The molecule has 0 aliphatic carbocycles. The number of benzene rings is 1. The zero-order valence-corrected chi connectivity index (χ0v) is 11.3. The predicted molar refractivity (Wildman–Crippen MR) is 68.8 cm³/mol. The number of carbonyl (C=O) groups is 1. The number of hydrogen-bond donors (Lipinski definition) is 0. The van der Waals surface area contributed by atoms with E-state index in [2.05, 4.69) is 0 Å². The molecular formula is C13H17FO3S. The van der Waals surface area contributed by atoms with Gasteiger partial charge in [0.15, 0.2) is 15.6 Å². The van der Waals surface area contributed by atoms with Crippen molar-refractivity contribution in [1.29, 1.82) is 0 Å². The van der Waals surface area contributed by atoms with Crippen LogP contribution >= 0.6 is 0 Å². The summed E-state index contributed by atoms with van der Waals surface area (Å²) >= 11 is 0. The van der Waals surface area contributed by atoms with Gasteiger partial charge < -0.3 is 0 Å². The fourth-order valence-electron chi connectivity index (χ4n) is 1.53. The van der Waals surface area contributed by atoms with E-state index in [0.29, 0.717) is 0 Å². The third-order valence-electron chi connectivity index (χ3n) is 2.75. The van der Waals surface area contributed by atoms with Crippen molar-refractivity contribution in [3.63, 3.8) is 0 Å². The van der Waals surface area contributed by atoms with Crippen molar-refractivity contribution < 1.29 is 17.6 Å². The van der Waals surface area contributed by atoms with Crippen LogP contribution in [0.5, 0.6) is 0 Å². The van der Waals surface area contributed by atoms with Crippen molar-refractivity contribution >= 4 is 15.6 Å². The lowest BCUT2D eigenvalue weighted by Crippen LogP contribution is -2.22. The van der Waals surface area contributed by atoms with Gasteiger partial charge in [-0.3, -0.25) is 4.79 Å². The highest BCUT2D eigenvalue weighted by Crippen LogP contribution is 2.09. The Labute approximate surface area is 107 Å². The first-order valence-electron chi connectivity index (χ1n) is 5.83. The van der Waals surface area contributed by atoms with Gasteiger partial charge >= 0.3 is 0 Å². The third-order valence-corrected chi connectivity index (χ3v) is 4.53. The molecule has 0 aliphatic rings. The molecule has 0 fully saturated rings. The molecule has 5 heteroatoms. The maximum Gasteiger partial charge on any atom is 0.177 e. The van der Waals surface area contributed by atoms with E-state index in [1.54, 1.807) is 0 Å². The molecule has 0 heterocycles. The SMILES string of the molecule is CCC(C)CS(=O)(=O)CC(=O)c1ccc(F)cc1. The van der Waals surface area contributed by atoms with Crippen LogP contribution in [0.25, 0.3) is 0 Å². The summed E-state index contributed by atoms with van der Waals surface area (Å²) in [5.74, 6) is -1.40. The van der Waals surface area contributed by atoms with Gasteiger partial charge in [-0.25, -0.2) is 12.8 Å². The molecule has 100 valence electrons. The Morgan fingerprint density at radius 2 is 1.83 bits per heavy atom. The lowest BCUT2D eigenvalue weighted by Gasteiger charge is -2.08. The molecule has 0 radical (unpaired) electrons. The molecule has 18 heavy (non-hydrogen) atoms. The summed E-state index contributed by atoms with van der Waals surface area (Å²) in [4.78, 5) is 11.7. The summed E-state index contributed by atoms with van der Waals surface area (Å²) in [5, 5.41) is 0. The van der Waals surface area contributed by atoms with E-state index in [1.165, 1.54) is 12.1 Å². The molecule has 0 N–H and O–H groups in total. The molecule has 3 nitrogen and oxygen atoms in total. The fourth-order valence-corrected chi connectivity index (χ4v) is 3.32. The van der Waals surface area contributed by atoms with Crippen LogP contribution in [0.2, 0.25) is 0 Å². The molecule has 0 bridgehead atoms. The van der Waals surface area contributed by atoms with Gasteiger partial charge in [0.05, 0.1) is 5.75 Å². The van der Waals surface area contributed by atoms with Gasteiger partial charge in [0.25, 0.3) is 0 Å². The highest BCUT2D eigenvalue weighted by atomic mass is 32.2. The first kappa shape index (κ1) is 14.8. The monoisotopic (exact) mass is 272 g/mol. The Balaban J connectivity index is 2.73. The van der Waals surface area contributed by atoms with Crippen molar-refractivity contribution in [1.82, 2.24) is 0 Å². The van der Waals surface area contributed by atoms with Gasteiger partial charge in [-0.1, -0.05) is 20.3 Å². The molecule has 1 aromatic carbocycles. The third kappa shape index (κ3) is 4.56. The summed E-state index contributed by atoms with van der Waals surface area (Å²) in [6.45, 7) is 3.74. The molecule has 1 atom stereocenters. The largest absolute Gasteiger partial charge is 0.293 e. The average molecular weight is 272 g/mol. The van der Waals surface area contributed by atoms with E-state index in [-0.39, 0.29) is 17.2 Å². The van der Waals surface area contributed by atoms with Crippen molar-refractivity contribution in [3.05, 3.63) is 35.6 Å².